The zero-order chi connectivity index (χ0) is 16.1. The lowest BCUT2D eigenvalue weighted by molar-refractivity contribution is 0.462. The molecule has 0 saturated heterocycles. The second-order valence-corrected chi connectivity index (χ2v) is 5.40. The van der Waals surface area contributed by atoms with Crippen LogP contribution in [0.1, 0.15) is 12.7 Å². The van der Waals surface area contributed by atoms with E-state index in [2.05, 4.69) is 4.98 Å². The molecule has 0 fully saturated rings. The molecule has 3 aromatic heterocycles. The minimum Gasteiger partial charge on any atom is -0.492 e. The van der Waals surface area contributed by atoms with Gasteiger partial charge in [-0.3, -0.25) is 4.79 Å². The molecule has 23 heavy (non-hydrogen) atoms. The summed E-state index contributed by atoms with van der Waals surface area (Å²) in [6, 6.07) is 10.8. The van der Waals surface area contributed by atoms with Gasteiger partial charge >= 0.3 is 0 Å². The van der Waals surface area contributed by atoms with E-state index in [9.17, 15) is 9.90 Å². The highest BCUT2D eigenvalue weighted by atomic mass is 16.3. The standard InChI is InChI=1S/C17H15N3O3/c1-3-19-17(22)12-7-5-4-6-11(12)14-16(21)18-15(20(14)19)13-9-8-10(2)23-13/h4-9,21H,3H2,1-2H3. The summed E-state index contributed by atoms with van der Waals surface area (Å²) in [5, 5.41) is 11.6. The minimum absolute atomic E-state index is 0.118. The van der Waals surface area contributed by atoms with E-state index in [1.165, 1.54) is 0 Å². The summed E-state index contributed by atoms with van der Waals surface area (Å²) >= 11 is 0. The van der Waals surface area contributed by atoms with Crippen LogP contribution in [-0.2, 0) is 6.54 Å². The van der Waals surface area contributed by atoms with Crippen molar-refractivity contribution in [3.05, 3.63) is 52.5 Å². The van der Waals surface area contributed by atoms with Gasteiger partial charge < -0.3 is 9.52 Å². The number of imidazole rings is 1. The minimum atomic E-state index is -0.127. The van der Waals surface area contributed by atoms with Crippen LogP contribution in [0, 0.1) is 6.92 Å². The maximum atomic E-state index is 12.8. The highest BCUT2D eigenvalue weighted by Crippen LogP contribution is 2.31. The fourth-order valence-electron chi connectivity index (χ4n) is 2.98. The second-order valence-electron chi connectivity index (χ2n) is 5.40. The van der Waals surface area contributed by atoms with Crippen molar-refractivity contribution >= 4 is 16.3 Å². The van der Waals surface area contributed by atoms with Gasteiger partial charge in [-0.05, 0) is 32.0 Å². The fourth-order valence-corrected chi connectivity index (χ4v) is 2.98. The third kappa shape index (κ3) is 1.81. The smallest absolute Gasteiger partial charge is 0.273 e. The molecular formula is C17H15N3O3. The van der Waals surface area contributed by atoms with Crippen molar-refractivity contribution in [2.24, 2.45) is 0 Å². The first-order chi connectivity index (χ1) is 11.1. The molecule has 0 unspecified atom stereocenters. The molecular weight excluding hydrogens is 294 g/mol. The predicted octanol–water partition coefficient (Wildman–Crippen LogP) is 2.94. The van der Waals surface area contributed by atoms with Crippen LogP contribution in [0.15, 0.2) is 45.6 Å². The summed E-state index contributed by atoms with van der Waals surface area (Å²) in [4.78, 5) is 17.0. The van der Waals surface area contributed by atoms with E-state index in [1.54, 1.807) is 21.3 Å². The molecule has 1 aromatic carbocycles. The first-order valence-electron chi connectivity index (χ1n) is 7.42. The van der Waals surface area contributed by atoms with Crippen LogP contribution in [-0.4, -0.2) is 19.3 Å². The van der Waals surface area contributed by atoms with Crippen molar-refractivity contribution in [3.63, 3.8) is 0 Å². The van der Waals surface area contributed by atoms with E-state index >= 15 is 0 Å². The van der Waals surface area contributed by atoms with E-state index in [1.807, 2.05) is 38.1 Å². The maximum Gasteiger partial charge on any atom is 0.273 e. The van der Waals surface area contributed by atoms with Crippen molar-refractivity contribution in [2.45, 2.75) is 20.4 Å². The molecule has 6 nitrogen and oxygen atoms in total. The van der Waals surface area contributed by atoms with E-state index in [0.717, 1.165) is 5.76 Å². The van der Waals surface area contributed by atoms with Crippen LogP contribution >= 0.6 is 0 Å². The van der Waals surface area contributed by atoms with E-state index < -0.39 is 0 Å². The molecule has 0 saturated carbocycles. The summed E-state index contributed by atoms with van der Waals surface area (Å²) in [6.45, 7) is 4.16. The van der Waals surface area contributed by atoms with Crippen LogP contribution in [0.25, 0.3) is 27.9 Å². The zero-order valence-electron chi connectivity index (χ0n) is 12.8. The van der Waals surface area contributed by atoms with Crippen LogP contribution in [0.3, 0.4) is 0 Å². The van der Waals surface area contributed by atoms with Gasteiger partial charge in [0.25, 0.3) is 5.56 Å². The van der Waals surface area contributed by atoms with Gasteiger partial charge in [0.05, 0.1) is 5.39 Å². The van der Waals surface area contributed by atoms with Crippen molar-refractivity contribution in [1.29, 1.82) is 0 Å². The third-order valence-electron chi connectivity index (χ3n) is 3.98. The Morgan fingerprint density at radius 2 is 1.91 bits per heavy atom. The highest BCUT2D eigenvalue weighted by molar-refractivity contribution is 5.98. The highest BCUT2D eigenvalue weighted by Gasteiger charge is 2.21. The van der Waals surface area contributed by atoms with Crippen LogP contribution in [0.5, 0.6) is 5.88 Å². The zero-order valence-corrected chi connectivity index (χ0v) is 12.8. The number of furan rings is 1. The van der Waals surface area contributed by atoms with Crippen molar-refractivity contribution in [2.75, 3.05) is 0 Å². The van der Waals surface area contributed by atoms with Gasteiger partial charge in [0.2, 0.25) is 5.88 Å². The van der Waals surface area contributed by atoms with E-state index in [0.29, 0.717) is 34.4 Å². The molecule has 0 radical (unpaired) electrons. The Labute approximate surface area is 131 Å². The SMILES string of the molecule is CCn1c(=O)c2ccccc2c2c(O)nc(-c3ccc(C)o3)n21. The molecule has 116 valence electrons. The van der Waals surface area contributed by atoms with Gasteiger partial charge in [-0.25, -0.2) is 9.20 Å². The van der Waals surface area contributed by atoms with Crippen molar-refractivity contribution < 1.29 is 9.52 Å². The van der Waals surface area contributed by atoms with Crippen molar-refractivity contribution in [1.82, 2.24) is 14.2 Å². The molecule has 4 aromatic rings. The first-order valence-corrected chi connectivity index (χ1v) is 7.42. The lowest BCUT2D eigenvalue weighted by Gasteiger charge is -2.11. The molecule has 0 bridgehead atoms. The molecule has 6 heteroatoms. The fraction of sp³-hybridized carbons (Fsp3) is 0.176. The lowest BCUT2D eigenvalue weighted by Crippen LogP contribution is -2.26. The largest absolute Gasteiger partial charge is 0.492 e. The van der Waals surface area contributed by atoms with E-state index in [4.69, 9.17) is 4.42 Å². The average molecular weight is 309 g/mol. The van der Waals surface area contributed by atoms with Crippen LogP contribution in [0.2, 0.25) is 0 Å². The number of hydrogen-bond donors (Lipinski definition) is 1. The number of benzene rings is 1. The Balaban J connectivity index is 2.26. The maximum absolute atomic E-state index is 12.8. The van der Waals surface area contributed by atoms with Crippen LogP contribution < -0.4 is 5.56 Å². The summed E-state index contributed by atoms with van der Waals surface area (Å²) in [6.07, 6.45) is 0. The van der Waals surface area contributed by atoms with Gasteiger partial charge in [-0.1, -0.05) is 18.2 Å². The lowest BCUT2D eigenvalue weighted by atomic mass is 10.1. The molecule has 0 amide bonds. The normalized spacial score (nSPS) is 11.6. The van der Waals surface area contributed by atoms with Crippen molar-refractivity contribution in [3.8, 4) is 17.5 Å². The van der Waals surface area contributed by atoms with Gasteiger partial charge in [0, 0.05) is 11.9 Å². The Kier molecular flexibility index (Phi) is 2.81. The number of hydrogen-bond acceptors (Lipinski definition) is 4. The van der Waals surface area contributed by atoms with Crippen LogP contribution in [0.4, 0.5) is 0 Å². The second kappa shape index (κ2) is 4.74. The first kappa shape index (κ1) is 13.6. The number of aromatic hydroxyl groups is 1. The quantitative estimate of drug-likeness (QED) is 0.618. The molecule has 0 aliphatic rings. The van der Waals surface area contributed by atoms with Gasteiger partial charge in [0.1, 0.15) is 11.3 Å². The summed E-state index contributed by atoms with van der Waals surface area (Å²) < 4.78 is 8.82. The molecule has 3 heterocycles. The van der Waals surface area contributed by atoms with E-state index in [-0.39, 0.29) is 11.4 Å². The third-order valence-corrected chi connectivity index (χ3v) is 3.98. The molecule has 0 spiro atoms. The number of rotatable bonds is 2. The molecule has 1 N–H and O–H groups in total. The monoisotopic (exact) mass is 309 g/mol. The molecule has 4 rings (SSSR count). The predicted molar refractivity (Wildman–Crippen MR) is 86.7 cm³/mol. The summed E-state index contributed by atoms with van der Waals surface area (Å²) in [5.74, 6) is 1.54. The molecule has 0 aliphatic carbocycles. The Morgan fingerprint density at radius 1 is 1.17 bits per heavy atom. The average Bonchev–Trinajstić information content (AvgIpc) is 3.12. The topological polar surface area (TPSA) is 72.7 Å². The van der Waals surface area contributed by atoms with Gasteiger partial charge in [-0.2, -0.15) is 4.98 Å². The summed E-state index contributed by atoms with van der Waals surface area (Å²) in [5.41, 5.74) is 0.378. The van der Waals surface area contributed by atoms with Gasteiger partial charge in [-0.15, -0.1) is 0 Å². The Hall–Kier alpha value is -3.02. The number of fused-ring (bicyclic) bond motifs is 3. The molecule has 0 aliphatic heterocycles. The van der Waals surface area contributed by atoms with Gasteiger partial charge in [0.15, 0.2) is 11.6 Å². The number of aromatic nitrogens is 3. The molecule has 0 atom stereocenters. The number of nitrogens with zero attached hydrogens (tertiary/aromatic N) is 3. The summed E-state index contributed by atoms with van der Waals surface area (Å²) in [7, 11) is 0. The Morgan fingerprint density at radius 3 is 2.57 bits per heavy atom. The number of aryl methyl sites for hydroxylation is 2. The Bertz CT molecular complexity index is 1100.